The third-order valence-electron chi connectivity index (χ3n) is 2.52. The van der Waals surface area contributed by atoms with Crippen molar-refractivity contribution in [1.29, 1.82) is 0 Å². The molecule has 6 heteroatoms. The zero-order valence-corrected chi connectivity index (χ0v) is 10.5. The third kappa shape index (κ3) is 3.04. The highest BCUT2D eigenvalue weighted by Crippen LogP contribution is 2.14. The topological polar surface area (TPSA) is 87.0 Å². The van der Waals surface area contributed by atoms with E-state index in [1.807, 2.05) is 0 Å². The summed E-state index contributed by atoms with van der Waals surface area (Å²) in [6.07, 6.45) is 0.997. The summed E-state index contributed by atoms with van der Waals surface area (Å²) in [4.78, 5) is 0. The van der Waals surface area contributed by atoms with Crippen LogP contribution < -0.4 is 0 Å². The van der Waals surface area contributed by atoms with Gasteiger partial charge >= 0.3 is 0 Å². The molecular weight excluding hydrogens is 242 g/mol. The van der Waals surface area contributed by atoms with Gasteiger partial charge in [0, 0.05) is 11.8 Å². The highest BCUT2D eigenvalue weighted by Gasteiger charge is 2.28. The zero-order valence-electron chi connectivity index (χ0n) is 9.66. The molecule has 1 aromatic rings. The van der Waals surface area contributed by atoms with E-state index >= 15 is 0 Å². The number of aryl methyl sites for hydroxylation is 1. The Kier molecular flexibility index (Phi) is 4.25. The maximum atomic E-state index is 11.5. The van der Waals surface area contributed by atoms with Gasteiger partial charge in [-0.05, 0) is 12.5 Å². The molecule has 0 unspecified atom stereocenters. The maximum absolute atomic E-state index is 11.5. The van der Waals surface area contributed by atoms with Crippen LogP contribution in [0.25, 0.3) is 0 Å². The fraction of sp³-hybridized carbons (Fsp3) is 0.364. The Hall–Kier alpha value is -1.40. The summed E-state index contributed by atoms with van der Waals surface area (Å²) in [5, 5.41) is 19.9. The molecular formula is C11H15NO4S. The highest BCUT2D eigenvalue weighted by atomic mass is 32.2. The summed E-state index contributed by atoms with van der Waals surface area (Å²) >= 11 is 0. The summed E-state index contributed by atoms with van der Waals surface area (Å²) in [6.45, 7) is 1.16. The van der Waals surface area contributed by atoms with Crippen LogP contribution in [0.3, 0.4) is 0 Å². The monoisotopic (exact) mass is 257 g/mol. The van der Waals surface area contributed by atoms with Crippen LogP contribution in [0.15, 0.2) is 29.4 Å². The molecule has 0 spiro atoms. The molecule has 0 aliphatic heterocycles. The molecule has 0 heterocycles. The van der Waals surface area contributed by atoms with E-state index in [0.29, 0.717) is 5.56 Å². The van der Waals surface area contributed by atoms with Gasteiger partial charge in [0.1, 0.15) is 11.0 Å². The molecule has 0 saturated heterocycles. The maximum Gasteiger partial charge on any atom is 0.158 e. The lowest BCUT2D eigenvalue weighted by atomic mass is 10.0. The molecule has 1 aromatic carbocycles. The van der Waals surface area contributed by atoms with Crippen LogP contribution in [0.5, 0.6) is 0 Å². The molecule has 1 atom stereocenters. The smallest absolute Gasteiger partial charge is 0.158 e. The standard InChI is InChI=1S/C11H15NO4S/c1-8-5-3-4-6-9(8)11(12-14)10(7-13)17(2,15)16/h3-6,10,13-14H,7H2,1-2H3/b12-11-/t10-/m0/s1. The molecule has 94 valence electrons. The van der Waals surface area contributed by atoms with E-state index < -0.39 is 21.7 Å². The Morgan fingerprint density at radius 3 is 2.41 bits per heavy atom. The molecule has 0 aliphatic carbocycles. The number of aliphatic hydroxyl groups is 1. The molecule has 0 aromatic heterocycles. The van der Waals surface area contributed by atoms with Crippen LogP contribution in [-0.4, -0.2) is 42.6 Å². The van der Waals surface area contributed by atoms with Crippen molar-refractivity contribution in [1.82, 2.24) is 0 Å². The van der Waals surface area contributed by atoms with E-state index in [1.54, 1.807) is 31.2 Å². The minimum atomic E-state index is -3.53. The predicted octanol–water partition coefficient (Wildman–Crippen LogP) is 0.579. The number of hydrogen-bond donors (Lipinski definition) is 2. The number of sulfone groups is 1. The van der Waals surface area contributed by atoms with Crippen molar-refractivity contribution >= 4 is 15.5 Å². The highest BCUT2D eigenvalue weighted by molar-refractivity contribution is 7.92. The van der Waals surface area contributed by atoms with Gasteiger partial charge < -0.3 is 10.3 Å². The van der Waals surface area contributed by atoms with Gasteiger partial charge in [-0.3, -0.25) is 0 Å². The third-order valence-corrected chi connectivity index (χ3v) is 3.92. The number of nitrogens with zero attached hydrogens (tertiary/aromatic N) is 1. The van der Waals surface area contributed by atoms with Crippen LogP contribution in [0.4, 0.5) is 0 Å². The Morgan fingerprint density at radius 1 is 1.41 bits per heavy atom. The lowest BCUT2D eigenvalue weighted by molar-refractivity contribution is 0.296. The summed E-state index contributed by atoms with van der Waals surface area (Å²) in [5.41, 5.74) is 1.26. The van der Waals surface area contributed by atoms with E-state index in [9.17, 15) is 8.42 Å². The molecule has 0 aliphatic rings. The van der Waals surface area contributed by atoms with Crippen molar-refractivity contribution in [2.24, 2.45) is 5.16 Å². The summed E-state index contributed by atoms with van der Waals surface area (Å²) in [6, 6.07) is 6.93. The lowest BCUT2D eigenvalue weighted by Crippen LogP contribution is -2.34. The summed E-state index contributed by atoms with van der Waals surface area (Å²) in [5.74, 6) is 0. The summed E-state index contributed by atoms with van der Waals surface area (Å²) in [7, 11) is -3.53. The van der Waals surface area contributed by atoms with Crippen molar-refractivity contribution in [2.45, 2.75) is 12.2 Å². The van der Waals surface area contributed by atoms with Gasteiger partial charge in [-0.15, -0.1) is 0 Å². The molecule has 0 bridgehead atoms. The first-order chi connectivity index (χ1) is 7.91. The lowest BCUT2D eigenvalue weighted by Gasteiger charge is -2.15. The molecule has 1 rings (SSSR count). The molecule has 0 amide bonds. The van der Waals surface area contributed by atoms with E-state index in [0.717, 1.165) is 11.8 Å². The minimum absolute atomic E-state index is 0.0342. The first-order valence-electron chi connectivity index (χ1n) is 4.99. The van der Waals surface area contributed by atoms with Crippen LogP contribution in [0, 0.1) is 6.92 Å². The van der Waals surface area contributed by atoms with Crippen LogP contribution in [0.1, 0.15) is 11.1 Å². The van der Waals surface area contributed by atoms with Gasteiger partial charge in [-0.25, -0.2) is 8.42 Å². The fourth-order valence-electron chi connectivity index (χ4n) is 1.58. The quantitative estimate of drug-likeness (QED) is 0.469. The van der Waals surface area contributed by atoms with Crippen molar-refractivity contribution in [3.8, 4) is 0 Å². The van der Waals surface area contributed by atoms with Gasteiger partial charge in [0.2, 0.25) is 0 Å². The van der Waals surface area contributed by atoms with E-state index in [2.05, 4.69) is 5.16 Å². The van der Waals surface area contributed by atoms with E-state index in [-0.39, 0.29) is 5.71 Å². The first-order valence-corrected chi connectivity index (χ1v) is 6.95. The van der Waals surface area contributed by atoms with Crippen LogP contribution in [0.2, 0.25) is 0 Å². The zero-order chi connectivity index (χ0) is 13.1. The Morgan fingerprint density at radius 2 is 2.00 bits per heavy atom. The Balaban J connectivity index is 3.31. The number of rotatable bonds is 4. The second-order valence-corrected chi connectivity index (χ2v) is 6.03. The minimum Gasteiger partial charge on any atom is -0.411 e. The van der Waals surface area contributed by atoms with Gasteiger partial charge in [0.05, 0.1) is 6.61 Å². The number of aliphatic hydroxyl groups excluding tert-OH is 1. The predicted molar refractivity (Wildman–Crippen MR) is 65.2 cm³/mol. The second kappa shape index (κ2) is 5.29. The van der Waals surface area contributed by atoms with Gasteiger partial charge in [-0.2, -0.15) is 0 Å². The van der Waals surface area contributed by atoms with Crippen LogP contribution in [-0.2, 0) is 9.84 Å². The molecule has 0 saturated carbocycles. The largest absolute Gasteiger partial charge is 0.411 e. The fourth-order valence-corrected chi connectivity index (χ4v) is 2.43. The number of benzene rings is 1. The number of oxime groups is 1. The molecule has 5 nitrogen and oxygen atoms in total. The average molecular weight is 257 g/mol. The van der Waals surface area contributed by atoms with Crippen LogP contribution >= 0.6 is 0 Å². The van der Waals surface area contributed by atoms with Gasteiger partial charge in [-0.1, -0.05) is 29.4 Å². The van der Waals surface area contributed by atoms with E-state index in [1.165, 1.54) is 0 Å². The van der Waals surface area contributed by atoms with Gasteiger partial charge in [0.15, 0.2) is 9.84 Å². The Labute approximate surface area is 100 Å². The van der Waals surface area contributed by atoms with Crippen molar-refractivity contribution in [2.75, 3.05) is 12.9 Å². The van der Waals surface area contributed by atoms with Crippen molar-refractivity contribution in [3.05, 3.63) is 35.4 Å². The normalized spacial score (nSPS) is 14.6. The molecule has 2 N–H and O–H groups in total. The first kappa shape index (κ1) is 13.7. The SMILES string of the molecule is Cc1ccccc1/C(=N/O)[C@H](CO)S(C)(=O)=O. The molecule has 0 radical (unpaired) electrons. The number of hydrogen-bond acceptors (Lipinski definition) is 5. The van der Waals surface area contributed by atoms with Crippen molar-refractivity contribution < 1.29 is 18.7 Å². The molecule has 17 heavy (non-hydrogen) atoms. The van der Waals surface area contributed by atoms with E-state index in [4.69, 9.17) is 10.3 Å². The molecule has 0 fully saturated rings. The average Bonchev–Trinajstić information content (AvgIpc) is 2.25. The van der Waals surface area contributed by atoms with Gasteiger partial charge in [0.25, 0.3) is 0 Å². The summed E-state index contributed by atoms with van der Waals surface area (Å²) < 4.78 is 23.0. The second-order valence-electron chi connectivity index (χ2n) is 3.80. The Bertz CT molecular complexity index is 522. The van der Waals surface area contributed by atoms with Crippen molar-refractivity contribution in [3.63, 3.8) is 0 Å².